The lowest BCUT2D eigenvalue weighted by molar-refractivity contribution is -0.169. The molecule has 4 aliphatic carbocycles. The molecule has 3 fully saturated rings. The minimum atomic E-state index is -1.88. The average Bonchev–Trinajstić information content (AvgIpc) is 2.87. The van der Waals surface area contributed by atoms with E-state index in [1.807, 2.05) is 6.92 Å². The Hall–Kier alpha value is -2.08. The van der Waals surface area contributed by atoms with Gasteiger partial charge in [-0.05, 0) is 54.6 Å². The molecule has 0 amide bonds. The SMILES string of the molecule is C=C1C[C@H]2[C@@H]3CCC4=CC(=O)CC[C@]4(C)[C@H]3C(=O)C[C@]2(C)[C@]1(O)C(=O)COC(C)=O. The second-order valence-electron chi connectivity index (χ2n) is 10.1. The van der Waals surface area contributed by atoms with Gasteiger partial charge in [0.2, 0.25) is 5.78 Å². The quantitative estimate of drug-likeness (QED) is 0.563. The zero-order valence-electron chi connectivity index (χ0n) is 18.0. The summed E-state index contributed by atoms with van der Waals surface area (Å²) in [6, 6.07) is 0. The Labute approximate surface area is 176 Å². The fourth-order valence-corrected chi connectivity index (χ4v) is 7.13. The predicted octanol–water partition coefficient (Wildman–Crippen LogP) is 2.73. The molecule has 30 heavy (non-hydrogen) atoms. The zero-order valence-corrected chi connectivity index (χ0v) is 18.0. The van der Waals surface area contributed by atoms with Crippen LogP contribution in [0.2, 0.25) is 0 Å². The van der Waals surface area contributed by atoms with Crippen LogP contribution in [0, 0.1) is 28.6 Å². The van der Waals surface area contributed by atoms with E-state index in [1.165, 1.54) is 6.92 Å². The molecule has 0 aromatic heterocycles. The molecule has 0 bridgehead atoms. The van der Waals surface area contributed by atoms with Gasteiger partial charge in [-0.25, -0.2) is 0 Å². The molecule has 6 heteroatoms. The maximum atomic E-state index is 13.6. The van der Waals surface area contributed by atoms with Crippen molar-refractivity contribution in [3.05, 3.63) is 23.8 Å². The number of aliphatic hydroxyl groups is 1. The van der Waals surface area contributed by atoms with Crippen molar-refractivity contribution in [2.24, 2.45) is 28.6 Å². The first-order chi connectivity index (χ1) is 13.9. The second-order valence-corrected chi connectivity index (χ2v) is 10.1. The smallest absolute Gasteiger partial charge is 0.303 e. The van der Waals surface area contributed by atoms with Gasteiger partial charge >= 0.3 is 5.97 Å². The van der Waals surface area contributed by atoms with Crippen molar-refractivity contribution in [2.45, 2.75) is 64.9 Å². The summed E-state index contributed by atoms with van der Waals surface area (Å²) in [5, 5.41) is 11.6. The van der Waals surface area contributed by atoms with Gasteiger partial charge in [0.1, 0.15) is 5.78 Å². The minimum absolute atomic E-state index is 0.0268. The molecular formula is C24H30O6. The van der Waals surface area contributed by atoms with Gasteiger partial charge in [-0.15, -0.1) is 0 Å². The van der Waals surface area contributed by atoms with E-state index >= 15 is 0 Å². The topological polar surface area (TPSA) is 97.7 Å². The number of carbonyl (C=O) groups is 4. The summed E-state index contributed by atoms with van der Waals surface area (Å²) < 4.78 is 4.87. The highest BCUT2D eigenvalue weighted by Gasteiger charge is 2.69. The zero-order chi connectivity index (χ0) is 22.1. The van der Waals surface area contributed by atoms with Crippen LogP contribution in [0.3, 0.4) is 0 Å². The summed E-state index contributed by atoms with van der Waals surface area (Å²) >= 11 is 0. The van der Waals surface area contributed by atoms with Gasteiger partial charge in [0.05, 0.1) is 0 Å². The molecule has 0 radical (unpaired) electrons. The third kappa shape index (κ3) is 2.65. The Bertz CT molecular complexity index is 899. The number of ether oxygens (including phenoxy) is 1. The van der Waals surface area contributed by atoms with Crippen molar-refractivity contribution in [3.63, 3.8) is 0 Å². The van der Waals surface area contributed by atoms with Crippen molar-refractivity contribution >= 4 is 23.3 Å². The number of esters is 1. The Morgan fingerprint density at radius 1 is 1.27 bits per heavy atom. The van der Waals surface area contributed by atoms with Gasteiger partial charge in [-0.1, -0.05) is 26.0 Å². The van der Waals surface area contributed by atoms with E-state index in [9.17, 15) is 24.3 Å². The number of ketones is 3. The Kier molecular flexibility index (Phi) is 4.73. The number of hydrogen-bond acceptors (Lipinski definition) is 6. The maximum Gasteiger partial charge on any atom is 0.303 e. The molecule has 4 aliphatic rings. The van der Waals surface area contributed by atoms with Crippen LogP contribution in [0.1, 0.15) is 59.3 Å². The molecule has 0 saturated heterocycles. The standard InChI is InChI=1S/C24H30O6/c1-13-9-18-17-6-5-15-10-16(26)7-8-22(15,3)21(17)19(27)11-23(18,4)24(13,29)20(28)12-30-14(2)25/h10,17-18,21,29H,1,5-9,11-12H2,2-4H3/t17-,18-,21+,22-,23-,24+/m0/s1. The molecule has 0 aromatic rings. The first kappa shape index (κ1) is 21.2. The largest absolute Gasteiger partial charge is 0.458 e. The number of fused-ring (bicyclic) bond motifs is 5. The van der Waals surface area contributed by atoms with Crippen LogP contribution in [0.4, 0.5) is 0 Å². The van der Waals surface area contributed by atoms with Crippen LogP contribution in [0.25, 0.3) is 0 Å². The molecule has 4 rings (SSSR count). The third-order valence-electron chi connectivity index (χ3n) is 8.66. The monoisotopic (exact) mass is 414 g/mol. The van der Waals surface area contributed by atoms with Crippen LogP contribution in [-0.4, -0.2) is 40.6 Å². The van der Waals surface area contributed by atoms with E-state index in [-0.39, 0.29) is 41.2 Å². The molecule has 162 valence electrons. The van der Waals surface area contributed by atoms with Crippen LogP contribution < -0.4 is 0 Å². The van der Waals surface area contributed by atoms with E-state index in [2.05, 4.69) is 13.5 Å². The summed E-state index contributed by atoms with van der Waals surface area (Å²) in [7, 11) is 0. The van der Waals surface area contributed by atoms with Gasteiger partial charge < -0.3 is 9.84 Å². The molecule has 1 N–H and O–H groups in total. The molecule has 0 aliphatic heterocycles. The fourth-order valence-electron chi connectivity index (χ4n) is 7.13. The van der Waals surface area contributed by atoms with Crippen molar-refractivity contribution in [1.29, 1.82) is 0 Å². The normalized spacial score (nSPS) is 42.7. The van der Waals surface area contributed by atoms with E-state index in [0.717, 1.165) is 18.4 Å². The van der Waals surface area contributed by atoms with Gasteiger partial charge in [0, 0.05) is 31.1 Å². The highest BCUT2D eigenvalue weighted by Crippen LogP contribution is 2.67. The van der Waals surface area contributed by atoms with Gasteiger partial charge in [0.15, 0.2) is 18.0 Å². The van der Waals surface area contributed by atoms with Gasteiger partial charge in [-0.3, -0.25) is 19.2 Å². The van der Waals surface area contributed by atoms with Crippen LogP contribution in [0.5, 0.6) is 0 Å². The van der Waals surface area contributed by atoms with Gasteiger partial charge in [0.25, 0.3) is 0 Å². The van der Waals surface area contributed by atoms with E-state index < -0.39 is 29.4 Å². The highest BCUT2D eigenvalue weighted by atomic mass is 16.5. The lowest BCUT2D eigenvalue weighted by Crippen LogP contribution is -2.61. The van der Waals surface area contributed by atoms with E-state index in [0.29, 0.717) is 24.8 Å². The summed E-state index contributed by atoms with van der Waals surface area (Å²) in [6.07, 6.45) is 4.94. The number of hydrogen-bond donors (Lipinski definition) is 1. The van der Waals surface area contributed by atoms with Crippen LogP contribution in [-0.2, 0) is 23.9 Å². The average molecular weight is 414 g/mol. The molecule has 0 aromatic carbocycles. The Balaban J connectivity index is 1.71. The molecule has 6 nitrogen and oxygen atoms in total. The number of allylic oxidation sites excluding steroid dienone is 1. The summed E-state index contributed by atoms with van der Waals surface area (Å²) in [6.45, 7) is 8.62. The summed E-state index contributed by atoms with van der Waals surface area (Å²) in [4.78, 5) is 49.7. The van der Waals surface area contributed by atoms with E-state index in [1.54, 1.807) is 6.08 Å². The van der Waals surface area contributed by atoms with E-state index in [4.69, 9.17) is 4.74 Å². The maximum absolute atomic E-state index is 13.6. The lowest BCUT2D eigenvalue weighted by atomic mass is 9.46. The molecule has 0 heterocycles. The van der Waals surface area contributed by atoms with Crippen molar-refractivity contribution < 1.29 is 29.0 Å². The molecule has 0 unspecified atom stereocenters. The first-order valence-electron chi connectivity index (χ1n) is 10.8. The number of rotatable bonds is 3. The molecule has 6 atom stereocenters. The third-order valence-corrected chi connectivity index (χ3v) is 8.66. The molecular weight excluding hydrogens is 384 g/mol. The Morgan fingerprint density at radius 2 is 1.97 bits per heavy atom. The number of carbonyl (C=O) groups excluding carboxylic acids is 4. The molecule has 0 spiro atoms. The summed E-state index contributed by atoms with van der Waals surface area (Å²) in [5.74, 6) is -1.26. The van der Waals surface area contributed by atoms with Crippen molar-refractivity contribution in [3.8, 4) is 0 Å². The first-order valence-corrected chi connectivity index (χ1v) is 10.8. The predicted molar refractivity (Wildman–Crippen MR) is 108 cm³/mol. The highest BCUT2D eigenvalue weighted by molar-refractivity contribution is 5.97. The minimum Gasteiger partial charge on any atom is -0.458 e. The van der Waals surface area contributed by atoms with Crippen molar-refractivity contribution in [1.82, 2.24) is 0 Å². The summed E-state index contributed by atoms with van der Waals surface area (Å²) in [5.41, 5.74) is -1.70. The second kappa shape index (κ2) is 6.71. The van der Waals surface area contributed by atoms with Crippen molar-refractivity contribution in [2.75, 3.05) is 6.61 Å². The fraction of sp³-hybridized carbons (Fsp3) is 0.667. The number of Topliss-reactive ketones (excluding diaryl/α,β-unsaturated/α-hetero) is 2. The Morgan fingerprint density at radius 3 is 2.63 bits per heavy atom. The molecule has 3 saturated carbocycles. The van der Waals surface area contributed by atoms with Gasteiger partial charge in [-0.2, -0.15) is 0 Å². The van der Waals surface area contributed by atoms with Crippen LogP contribution in [0.15, 0.2) is 23.8 Å². The lowest BCUT2D eigenvalue weighted by Gasteiger charge is -2.57. The van der Waals surface area contributed by atoms with Crippen LogP contribution >= 0.6 is 0 Å².